The van der Waals surface area contributed by atoms with Crippen molar-refractivity contribution in [3.63, 3.8) is 0 Å². The van der Waals surface area contributed by atoms with Crippen LogP contribution in [-0.2, 0) is 9.59 Å². The molecule has 0 radical (unpaired) electrons. The first-order chi connectivity index (χ1) is 15.7. The van der Waals surface area contributed by atoms with Gasteiger partial charge in [0.1, 0.15) is 22.8 Å². The molecule has 5 rings (SSSR count). The average Bonchev–Trinajstić information content (AvgIpc) is 2.77. The molecule has 8 heteroatoms. The van der Waals surface area contributed by atoms with Gasteiger partial charge in [-0.2, -0.15) is 0 Å². The normalized spacial score (nSPS) is 28.8. The van der Waals surface area contributed by atoms with Gasteiger partial charge in [0.15, 0.2) is 11.4 Å². The van der Waals surface area contributed by atoms with Crippen LogP contribution in [0.25, 0.3) is 0 Å². The molecule has 0 fully saturated rings. The summed E-state index contributed by atoms with van der Waals surface area (Å²) in [6.07, 6.45) is -0.199. The lowest BCUT2D eigenvalue weighted by atomic mass is 9.57. The minimum Gasteiger partial charge on any atom is -0.511 e. The monoisotopic (exact) mass is 447 g/mol. The molecule has 2 aromatic carbocycles. The smallest absolute Gasteiger partial charge is 0.255 e. The van der Waals surface area contributed by atoms with Gasteiger partial charge in [-0.25, -0.2) is 0 Å². The predicted molar refractivity (Wildman–Crippen MR) is 115 cm³/mol. The molecule has 33 heavy (non-hydrogen) atoms. The number of amides is 1. The molecule has 3 aliphatic rings. The van der Waals surface area contributed by atoms with Crippen molar-refractivity contribution in [3.05, 3.63) is 87.9 Å². The molecular weight excluding hydrogens is 426 g/mol. The summed E-state index contributed by atoms with van der Waals surface area (Å²) < 4.78 is 0. The maximum absolute atomic E-state index is 13.5. The van der Waals surface area contributed by atoms with Crippen LogP contribution in [0.2, 0.25) is 0 Å². The van der Waals surface area contributed by atoms with Crippen LogP contribution in [0.15, 0.2) is 71.2 Å². The molecule has 2 aromatic rings. The number of rotatable bonds is 2. The molecule has 0 heterocycles. The minimum atomic E-state index is -2.58. The van der Waals surface area contributed by atoms with Crippen molar-refractivity contribution >= 4 is 17.5 Å². The van der Waals surface area contributed by atoms with Crippen molar-refractivity contribution in [3.8, 4) is 5.75 Å². The van der Waals surface area contributed by atoms with Gasteiger partial charge >= 0.3 is 0 Å². The summed E-state index contributed by atoms with van der Waals surface area (Å²) in [4.78, 5) is 38.3. The quantitative estimate of drug-likeness (QED) is 0.441. The third-order valence-corrected chi connectivity index (χ3v) is 7.11. The van der Waals surface area contributed by atoms with E-state index < -0.39 is 57.9 Å². The second-order valence-corrected chi connectivity index (χ2v) is 8.75. The zero-order valence-corrected chi connectivity index (χ0v) is 17.4. The van der Waals surface area contributed by atoms with E-state index in [4.69, 9.17) is 5.73 Å². The summed E-state index contributed by atoms with van der Waals surface area (Å²) >= 11 is 0. The number of aliphatic hydroxyl groups is 3. The van der Waals surface area contributed by atoms with E-state index in [-0.39, 0.29) is 29.7 Å². The fraction of sp³-hybridized carbons (Fsp3) is 0.240. The lowest BCUT2D eigenvalue weighted by molar-refractivity contribution is -0.144. The molecule has 168 valence electrons. The van der Waals surface area contributed by atoms with Gasteiger partial charge in [-0.1, -0.05) is 42.5 Å². The van der Waals surface area contributed by atoms with Crippen LogP contribution in [0.3, 0.4) is 0 Å². The van der Waals surface area contributed by atoms with E-state index in [0.29, 0.717) is 5.56 Å². The lowest BCUT2D eigenvalue weighted by Crippen LogP contribution is -2.57. The summed E-state index contributed by atoms with van der Waals surface area (Å²) in [5.74, 6) is -6.95. The Balaban J connectivity index is 1.78. The molecule has 1 unspecified atom stereocenters. The van der Waals surface area contributed by atoms with Crippen molar-refractivity contribution in [2.24, 2.45) is 17.6 Å². The number of aromatic hydroxyl groups is 1. The third-order valence-electron chi connectivity index (χ3n) is 7.11. The molecular formula is C25H21NO7. The molecule has 0 aromatic heterocycles. The van der Waals surface area contributed by atoms with Crippen molar-refractivity contribution < 1.29 is 34.8 Å². The zero-order chi connectivity index (χ0) is 23.7. The Morgan fingerprint density at radius 3 is 2.36 bits per heavy atom. The maximum atomic E-state index is 13.5. The van der Waals surface area contributed by atoms with E-state index in [9.17, 15) is 34.8 Å². The van der Waals surface area contributed by atoms with E-state index >= 15 is 0 Å². The van der Waals surface area contributed by atoms with Crippen LogP contribution in [0.5, 0.6) is 5.75 Å². The Morgan fingerprint density at radius 2 is 1.70 bits per heavy atom. The number of ketones is 2. The summed E-state index contributed by atoms with van der Waals surface area (Å²) in [5, 5.41) is 43.4. The number of phenols is 1. The second kappa shape index (κ2) is 7.05. The SMILES string of the molecule is NC(=O)C1=C(O)C[C@@H]2CC3C(=C(O)[C@]2(O)C1=O)C(=O)c1c(O)cccc1[C@@H]3c1ccccc1. The summed E-state index contributed by atoms with van der Waals surface area (Å²) in [6.45, 7) is 0. The van der Waals surface area contributed by atoms with Crippen molar-refractivity contribution in [2.45, 2.75) is 24.4 Å². The summed E-state index contributed by atoms with van der Waals surface area (Å²) in [7, 11) is 0. The first-order valence-electron chi connectivity index (χ1n) is 10.5. The van der Waals surface area contributed by atoms with Gasteiger partial charge in [0.2, 0.25) is 5.78 Å². The molecule has 8 nitrogen and oxygen atoms in total. The highest BCUT2D eigenvalue weighted by atomic mass is 16.3. The van der Waals surface area contributed by atoms with Gasteiger partial charge in [0, 0.05) is 29.7 Å². The Hall–Kier alpha value is -3.91. The number of primary amides is 1. The Bertz CT molecular complexity index is 1290. The Kier molecular flexibility index (Phi) is 4.48. The van der Waals surface area contributed by atoms with Gasteiger partial charge in [-0.05, 0) is 23.6 Å². The molecule has 0 aliphatic heterocycles. The number of carbonyl (C=O) groups is 3. The molecule has 6 N–H and O–H groups in total. The highest BCUT2D eigenvalue weighted by Gasteiger charge is 2.61. The first kappa shape index (κ1) is 21.0. The van der Waals surface area contributed by atoms with Gasteiger partial charge in [-0.3, -0.25) is 14.4 Å². The van der Waals surface area contributed by atoms with Crippen LogP contribution in [0.4, 0.5) is 0 Å². The van der Waals surface area contributed by atoms with Crippen LogP contribution < -0.4 is 5.73 Å². The van der Waals surface area contributed by atoms with Crippen molar-refractivity contribution in [1.82, 2.24) is 0 Å². The number of fused-ring (bicyclic) bond motifs is 3. The maximum Gasteiger partial charge on any atom is 0.255 e. The van der Waals surface area contributed by atoms with E-state index in [0.717, 1.165) is 5.56 Å². The topological polar surface area (TPSA) is 158 Å². The summed E-state index contributed by atoms with van der Waals surface area (Å²) in [6, 6.07) is 13.9. The van der Waals surface area contributed by atoms with Crippen LogP contribution in [0, 0.1) is 11.8 Å². The lowest BCUT2D eigenvalue weighted by Gasteiger charge is -2.48. The van der Waals surface area contributed by atoms with Crippen LogP contribution in [0.1, 0.15) is 40.2 Å². The van der Waals surface area contributed by atoms with Gasteiger partial charge < -0.3 is 26.2 Å². The number of hydrogen-bond acceptors (Lipinski definition) is 7. The van der Waals surface area contributed by atoms with E-state index in [1.807, 2.05) is 30.3 Å². The number of Topliss-reactive ketones (excluding diaryl/α,β-unsaturated/α-hetero) is 2. The number of carbonyl (C=O) groups excluding carboxylic acids is 3. The minimum absolute atomic E-state index is 0.0111. The fourth-order valence-electron chi connectivity index (χ4n) is 5.67. The fourth-order valence-corrected chi connectivity index (χ4v) is 5.67. The summed E-state index contributed by atoms with van der Waals surface area (Å²) in [5.41, 5.74) is 3.05. The Labute approximate surface area is 188 Å². The number of allylic oxidation sites excluding steroid dienone is 2. The average molecular weight is 447 g/mol. The first-order valence-corrected chi connectivity index (χ1v) is 10.5. The Morgan fingerprint density at radius 1 is 1.00 bits per heavy atom. The number of hydrogen-bond donors (Lipinski definition) is 5. The number of nitrogens with two attached hydrogens (primary N) is 1. The standard InChI is InChI=1S/C25H21NO7/c26-24(32)20-16(28)10-12-9-14-17(11-5-2-1-3-6-11)13-7-4-8-15(27)18(13)21(29)19(14)22(30)25(12,33)23(20)31/h1-8,12,14,17,27-28,30,33H,9-10H2,(H2,26,32)/t12-,14?,17-,25-/m0/s1. The van der Waals surface area contributed by atoms with Gasteiger partial charge in [0.25, 0.3) is 5.91 Å². The molecule has 4 atom stereocenters. The molecule has 0 saturated heterocycles. The second-order valence-electron chi connectivity index (χ2n) is 8.75. The van der Waals surface area contributed by atoms with Gasteiger partial charge in [0.05, 0.1) is 5.56 Å². The number of benzene rings is 2. The van der Waals surface area contributed by atoms with Crippen LogP contribution in [-0.4, -0.2) is 43.5 Å². The molecule has 0 saturated carbocycles. The number of aliphatic hydroxyl groups excluding tert-OH is 2. The van der Waals surface area contributed by atoms with Crippen molar-refractivity contribution in [2.75, 3.05) is 0 Å². The highest BCUT2D eigenvalue weighted by Crippen LogP contribution is 2.56. The van der Waals surface area contributed by atoms with E-state index in [1.165, 1.54) is 6.07 Å². The van der Waals surface area contributed by atoms with E-state index in [2.05, 4.69) is 0 Å². The molecule has 0 spiro atoms. The largest absolute Gasteiger partial charge is 0.511 e. The molecule has 1 amide bonds. The third kappa shape index (κ3) is 2.70. The molecule has 3 aliphatic carbocycles. The number of phenolic OH excluding ortho intramolecular Hbond substituents is 1. The van der Waals surface area contributed by atoms with E-state index in [1.54, 1.807) is 12.1 Å². The van der Waals surface area contributed by atoms with Crippen LogP contribution >= 0.6 is 0 Å². The zero-order valence-electron chi connectivity index (χ0n) is 17.4. The molecule has 0 bridgehead atoms. The highest BCUT2D eigenvalue weighted by molar-refractivity contribution is 6.24. The predicted octanol–water partition coefficient (Wildman–Crippen LogP) is 2.17. The van der Waals surface area contributed by atoms with Crippen molar-refractivity contribution in [1.29, 1.82) is 0 Å². The van der Waals surface area contributed by atoms with Gasteiger partial charge in [-0.15, -0.1) is 0 Å².